The SMILES string of the molecule is C=CCN(CCC)C(=O)[C@H]1[C@H]2C(=O)N([C@@H](CO)[C@@H](C)CC)C(C(=O)N(CC=C)C(C)CCC)C23CC(Br)[C@@H]1S3. The number of thioether (sulfide) groups is 1. The van der Waals surface area contributed by atoms with Gasteiger partial charge in [-0.1, -0.05) is 68.6 Å². The predicted octanol–water partition coefficient (Wildman–Crippen LogP) is 4.49. The van der Waals surface area contributed by atoms with E-state index in [-0.39, 0.29) is 46.4 Å². The van der Waals surface area contributed by atoms with Crippen molar-refractivity contribution >= 4 is 45.4 Å². The van der Waals surface area contributed by atoms with Gasteiger partial charge in [0.25, 0.3) is 0 Å². The molecule has 0 aromatic carbocycles. The molecule has 0 aromatic rings. The summed E-state index contributed by atoms with van der Waals surface area (Å²) >= 11 is 5.53. The molecule has 1 N–H and O–H groups in total. The summed E-state index contributed by atoms with van der Waals surface area (Å²) in [5, 5.41) is 10.5. The molecule has 220 valence electrons. The summed E-state index contributed by atoms with van der Waals surface area (Å²) in [5.41, 5.74) is 0. The van der Waals surface area contributed by atoms with Crippen LogP contribution in [0.5, 0.6) is 0 Å². The van der Waals surface area contributed by atoms with Gasteiger partial charge in [-0.2, -0.15) is 0 Å². The number of hydrogen-bond acceptors (Lipinski definition) is 5. The summed E-state index contributed by atoms with van der Waals surface area (Å²) in [6, 6.07) is -1.25. The number of hydrogen-bond donors (Lipinski definition) is 1. The predicted molar refractivity (Wildman–Crippen MR) is 163 cm³/mol. The van der Waals surface area contributed by atoms with Gasteiger partial charge in [0.2, 0.25) is 17.7 Å². The van der Waals surface area contributed by atoms with E-state index in [1.165, 1.54) is 0 Å². The average molecular weight is 627 g/mol. The van der Waals surface area contributed by atoms with Crippen LogP contribution in [0.1, 0.15) is 66.7 Å². The van der Waals surface area contributed by atoms with Crippen LogP contribution in [0, 0.1) is 17.8 Å². The molecule has 3 heterocycles. The van der Waals surface area contributed by atoms with Crippen LogP contribution < -0.4 is 0 Å². The molecule has 0 saturated carbocycles. The molecule has 1 spiro atoms. The van der Waals surface area contributed by atoms with Crippen molar-refractivity contribution in [3.63, 3.8) is 0 Å². The number of aliphatic hydroxyl groups is 1. The number of amides is 3. The molecule has 39 heavy (non-hydrogen) atoms. The van der Waals surface area contributed by atoms with Crippen LogP contribution in [0.15, 0.2) is 25.3 Å². The molecule has 9 heteroatoms. The first-order valence-corrected chi connectivity index (χ1v) is 16.4. The van der Waals surface area contributed by atoms with Crippen molar-refractivity contribution in [3.8, 4) is 0 Å². The maximum Gasteiger partial charge on any atom is 0.247 e. The number of halogens is 1. The van der Waals surface area contributed by atoms with Crippen LogP contribution in [0.4, 0.5) is 0 Å². The third-order valence-corrected chi connectivity index (χ3v) is 12.3. The first-order valence-electron chi connectivity index (χ1n) is 14.7. The van der Waals surface area contributed by atoms with Crippen molar-refractivity contribution in [2.24, 2.45) is 17.8 Å². The minimum Gasteiger partial charge on any atom is -0.394 e. The van der Waals surface area contributed by atoms with E-state index in [0.717, 1.165) is 25.7 Å². The lowest BCUT2D eigenvalue weighted by Crippen LogP contribution is -2.60. The van der Waals surface area contributed by atoms with Gasteiger partial charge in [-0.25, -0.2) is 0 Å². The van der Waals surface area contributed by atoms with Gasteiger partial charge in [0.05, 0.1) is 29.2 Å². The third kappa shape index (κ3) is 5.61. The average Bonchev–Trinajstić information content (AvgIpc) is 3.50. The second kappa shape index (κ2) is 13.6. The highest BCUT2D eigenvalue weighted by molar-refractivity contribution is 9.09. The number of carbonyl (C=O) groups excluding carboxylic acids is 3. The Morgan fingerprint density at radius 2 is 1.85 bits per heavy atom. The largest absolute Gasteiger partial charge is 0.394 e. The van der Waals surface area contributed by atoms with E-state index in [2.05, 4.69) is 42.9 Å². The van der Waals surface area contributed by atoms with Gasteiger partial charge in [0, 0.05) is 35.8 Å². The minimum atomic E-state index is -0.743. The summed E-state index contributed by atoms with van der Waals surface area (Å²) in [7, 11) is 0. The van der Waals surface area contributed by atoms with Crippen LogP contribution in [-0.4, -0.2) is 96.7 Å². The second-order valence-electron chi connectivity index (χ2n) is 11.5. The van der Waals surface area contributed by atoms with E-state index in [1.54, 1.807) is 28.8 Å². The fourth-order valence-electron chi connectivity index (χ4n) is 7.09. The molecular weight excluding hydrogens is 578 g/mol. The van der Waals surface area contributed by atoms with Crippen LogP contribution in [0.2, 0.25) is 0 Å². The van der Waals surface area contributed by atoms with Gasteiger partial charge in [-0.05, 0) is 32.1 Å². The topological polar surface area (TPSA) is 81.2 Å². The lowest BCUT2D eigenvalue weighted by atomic mass is 9.70. The summed E-state index contributed by atoms with van der Waals surface area (Å²) < 4.78 is -0.731. The molecule has 0 aliphatic carbocycles. The first kappa shape index (κ1) is 32.2. The number of carbonyl (C=O) groups is 3. The van der Waals surface area contributed by atoms with Gasteiger partial charge in [0.1, 0.15) is 6.04 Å². The monoisotopic (exact) mass is 625 g/mol. The number of nitrogens with zero attached hydrogens (tertiary/aromatic N) is 3. The molecule has 9 atom stereocenters. The Labute approximate surface area is 247 Å². The molecule has 7 nitrogen and oxygen atoms in total. The van der Waals surface area contributed by atoms with Gasteiger partial charge >= 0.3 is 0 Å². The lowest BCUT2D eigenvalue weighted by Gasteiger charge is -2.42. The summed E-state index contributed by atoms with van der Waals surface area (Å²) in [6.07, 6.45) is 7.46. The van der Waals surface area contributed by atoms with E-state index < -0.39 is 28.7 Å². The molecule has 3 fully saturated rings. The third-order valence-electron chi connectivity index (χ3n) is 9.09. The summed E-state index contributed by atoms with van der Waals surface area (Å²) in [5.74, 6) is -1.40. The van der Waals surface area contributed by atoms with E-state index in [4.69, 9.17) is 0 Å². The molecule has 3 aliphatic heterocycles. The molecule has 0 aromatic heterocycles. The fraction of sp³-hybridized carbons (Fsp3) is 0.767. The molecule has 3 amide bonds. The first-order chi connectivity index (χ1) is 18.6. The Morgan fingerprint density at radius 1 is 1.18 bits per heavy atom. The van der Waals surface area contributed by atoms with Crippen molar-refractivity contribution in [2.75, 3.05) is 26.2 Å². The smallest absolute Gasteiger partial charge is 0.247 e. The van der Waals surface area contributed by atoms with Crippen LogP contribution >= 0.6 is 27.7 Å². The van der Waals surface area contributed by atoms with E-state index in [1.807, 2.05) is 30.6 Å². The van der Waals surface area contributed by atoms with Gasteiger partial charge in [-0.15, -0.1) is 24.9 Å². The fourth-order valence-corrected chi connectivity index (χ4v) is 10.7. The van der Waals surface area contributed by atoms with Crippen LogP contribution in [0.25, 0.3) is 0 Å². The van der Waals surface area contributed by atoms with E-state index in [9.17, 15) is 19.5 Å². The number of alkyl halides is 1. The summed E-state index contributed by atoms with van der Waals surface area (Å²) in [6.45, 7) is 19.2. The second-order valence-corrected chi connectivity index (χ2v) is 14.3. The minimum absolute atomic E-state index is 0.00105. The molecule has 0 radical (unpaired) electrons. The van der Waals surface area contributed by atoms with Crippen LogP contribution in [-0.2, 0) is 14.4 Å². The highest BCUT2D eigenvalue weighted by Gasteiger charge is 2.76. The molecule has 3 rings (SSSR count). The van der Waals surface area contributed by atoms with Crippen molar-refractivity contribution in [2.45, 2.75) is 99.7 Å². The Hall–Kier alpha value is -1.32. The zero-order valence-electron chi connectivity index (χ0n) is 24.4. The maximum atomic E-state index is 14.7. The standard InChI is InChI=1S/C30H48BrN3O4S/c1-8-13-20(7)33(16-11-4)29(38)26-30-17-21(31)25(39-30)23(27(36)32(14-9-2)15-10-3)24(30)28(37)34(26)22(18-35)19(6)12-5/h9,11,19-26,35H,2,4,8,10,12-18H2,1,3,5-7H3/t19-,20?,21?,22-,23-,24-,25-,26?,30?/m0/s1. The molecular formula is C30H48BrN3O4S. The number of likely N-dealkylation sites (tertiary alicyclic amines) is 1. The zero-order chi connectivity index (χ0) is 29.1. The Balaban J connectivity index is 2.17. The van der Waals surface area contributed by atoms with Gasteiger partial charge < -0.3 is 19.8 Å². The molecule has 3 aliphatic rings. The maximum absolute atomic E-state index is 14.7. The highest BCUT2D eigenvalue weighted by Crippen LogP contribution is 2.68. The van der Waals surface area contributed by atoms with E-state index >= 15 is 0 Å². The normalized spacial score (nSPS) is 31.5. The Bertz CT molecular complexity index is 934. The van der Waals surface area contributed by atoms with E-state index in [0.29, 0.717) is 26.1 Å². The number of fused-ring (bicyclic) bond motifs is 1. The van der Waals surface area contributed by atoms with Crippen molar-refractivity contribution in [3.05, 3.63) is 25.3 Å². The van der Waals surface area contributed by atoms with Gasteiger partial charge in [0.15, 0.2) is 0 Å². The van der Waals surface area contributed by atoms with Gasteiger partial charge in [-0.3, -0.25) is 14.4 Å². The molecule has 4 unspecified atom stereocenters. The van der Waals surface area contributed by atoms with Crippen molar-refractivity contribution < 1.29 is 19.5 Å². The quantitative estimate of drug-likeness (QED) is 0.214. The number of aliphatic hydroxyl groups excluding tert-OH is 1. The Kier molecular flexibility index (Phi) is 11.2. The zero-order valence-corrected chi connectivity index (χ0v) is 26.8. The Morgan fingerprint density at radius 3 is 2.38 bits per heavy atom. The highest BCUT2D eigenvalue weighted by atomic mass is 79.9. The van der Waals surface area contributed by atoms with Crippen molar-refractivity contribution in [1.82, 2.24) is 14.7 Å². The van der Waals surface area contributed by atoms with Crippen molar-refractivity contribution in [1.29, 1.82) is 0 Å². The molecule has 3 saturated heterocycles. The number of rotatable bonds is 15. The molecule has 2 bridgehead atoms. The lowest BCUT2D eigenvalue weighted by molar-refractivity contribution is -0.148. The summed E-state index contributed by atoms with van der Waals surface area (Å²) in [4.78, 5) is 48.7. The van der Waals surface area contributed by atoms with Crippen LogP contribution in [0.3, 0.4) is 0 Å².